The minimum atomic E-state index is -0.470. The van der Waals surface area contributed by atoms with Gasteiger partial charge in [-0.05, 0) is 49.3 Å². The smallest absolute Gasteiger partial charge is 0.278 e. The van der Waals surface area contributed by atoms with Gasteiger partial charge < -0.3 is 0 Å². The molecule has 0 unspecified atom stereocenters. The van der Waals surface area contributed by atoms with E-state index in [0.717, 1.165) is 22.5 Å². The lowest BCUT2D eigenvalue weighted by molar-refractivity contribution is -0.123. The molecule has 8 heteroatoms. The van der Waals surface area contributed by atoms with Gasteiger partial charge in [-0.25, -0.2) is 4.98 Å². The van der Waals surface area contributed by atoms with Crippen LogP contribution in [0.3, 0.4) is 0 Å². The highest BCUT2D eigenvalue weighted by molar-refractivity contribution is 7.99. The first-order valence-corrected chi connectivity index (χ1v) is 12.8. The monoisotopic (exact) mass is 495 g/mol. The molecule has 170 valence electrons. The lowest BCUT2D eigenvalue weighted by Crippen LogP contribution is -2.25. The molecule has 33 heavy (non-hydrogen) atoms. The summed E-state index contributed by atoms with van der Waals surface area (Å²) in [6, 6.07) is 15.6. The molecule has 0 aliphatic rings. The molecule has 0 atom stereocenters. The van der Waals surface area contributed by atoms with Crippen LogP contribution in [0.15, 0.2) is 58.5 Å². The number of ketones is 1. The van der Waals surface area contributed by atoms with Gasteiger partial charge in [-0.2, -0.15) is 0 Å². The number of thioether (sulfide) groups is 1. The van der Waals surface area contributed by atoms with Crippen molar-refractivity contribution in [3.8, 4) is 11.4 Å². The number of thiazole rings is 1. The van der Waals surface area contributed by atoms with Gasteiger partial charge in [-0.1, -0.05) is 80.3 Å². The fourth-order valence-electron chi connectivity index (χ4n) is 3.43. The van der Waals surface area contributed by atoms with Crippen molar-refractivity contribution in [1.29, 1.82) is 0 Å². The van der Waals surface area contributed by atoms with E-state index in [-0.39, 0.29) is 17.1 Å². The van der Waals surface area contributed by atoms with Crippen LogP contribution in [0.1, 0.15) is 31.9 Å². The second kappa shape index (κ2) is 9.00. The molecule has 4 rings (SSSR count). The number of Topliss-reactive ketones (excluding diaryl/α,β-unsaturated/α-hetero) is 1. The lowest BCUT2D eigenvalue weighted by atomic mass is 9.92. The Balaban J connectivity index is 2.00. The summed E-state index contributed by atoms with van der Waals surface area (Å²) in [5.41, 5.74) is 3.52. The van der Waals surface area contributed by atoms with Crippen molar-refractivity contribution >= 4 is 51.4 Å². The first kappa shape index (κ1) is 23.6. The number of carbonyl (C=O) groups excluding carboxylic acids is 1. The molecule has 0 N–H and O–H groups in total. The summed E-state index contributed by atoms with van der Waals surface area (Å²) in [5.74, 6) is 0.321. The third kappa shape index (κ3) is 4.47. The molecule has 0 saturated heterocycles. The highest BCUT2D eigenvalue weighted by atomic mass is 32.2. The third-order valence-corrected chi connectivity index (χ3v) is 7.75. The lowest BCUT2D eigenvalue weighted by Gasteiger charge is -2.18. The summed E-state index contributed by atoms with van der Waals surface area (Å²) in [6.45, 7) is 9.66. The number of para-hydroxylation sites is 2. The van der Waals surface area contributed by atoms with E-state index in [2.05, 4.69) is 0 Å². The summed E-state index contributed by atoms with van der Waals surface area (Å²) >= 11 is 8.23. The van der Waals surface area contributed by atoms with Gasteiger partial charge >= 0.3 is 0 Å². The van der Waals surface area contributed by atoms with Crippen molar-refractivity contribution in [2.75, 3.05) is 5.75 Å². The maximum Gasteiger partial charge on any atom is 0.278 e. The fourth-order valence-corrected chi connectivity index (χ4v) is 5.88. The van der Waals surface area contributed by atoms with Crippen molar-refractivity contribution in [2.24, 2.45) is 5.41 Å². The number of aryl methyl sites for hydroxylation is 2. The van der Waals surface area contributed by atoms with E-state index in [0.29, 0.717) is 19.5 Å². The Morgan fingerprint density at radius 2 is 1.55 bits per heavy atom. The Morgan fingerprint density at radius 1 is 1.00 bits per heavy atom. The predicted octanol–water partition coefficient (Wildman–Crippen LogP) is 6.29. The Hall–Kier alpha value is -2.55. The summed E-state index contributed by atoms with van der Waals surface area (Å²) in [4.78, 5) is 31.4. The highest BCUT2D eigenvalue weighted by Gasteiger charge is 2.24. The molecular weight excluding hydrogens is 470 g/mol. The normalized spacial score (nSPS) is 11.8. The molecule has 0 radical (unpaired) electrons. The number of hydrogen-bond acceptors (Lipinski definition) is 6. The molecule has 4 aromatic rings. The van der Waals surface area contributed by atoms with E-state index in [9.17, 15) is 9.59 Å². The van der Waals surface area contributed by atoms with Gasteiger partial charge in [0.1, 0.15) is 10.5 Å². The van der Waals surface area contributed by atoms with Crippen LogP contribution in [0.2, 0.25) is 0 Å². The van der Waals surface area contributed by atoms with E-state index in [4.69, 9.17) is 17.2 Å². The van der Waals surface area contributed by atoms with Crippen molar-refractivity contribution < 1.29 is 4.79 Å². The molecule has 2 aromatic heterocycles. The maximum absolute atomic E-state index is 13.8. The zero-order chi connectivity index (χ0) is 23.9. The second-order valence-electron chi connectivity index (χ2n) is 8.93. The SMILES string of the molecule is Cc1ccccc1-n1c(SCC(=O)C(C)(C)C)nc2c(sc(=S)n2-c2ccccc2C)c1=O. The van der Waals surface area contributed by atoms with Crippen LogP contribution in [-0.4, -0.2) is 25.7 Å². The van der Waals surface area contributed by atoms with Gasteiger partial charge in [0, 0.05) is 5.41 Å². The van der Waals surface area contributed by atoms with E-state index in [1.807, 2.05) is 87.7 Å². The van der Waals surface area contributed by atoms with Gasteiger partial charge in [-0.3, -0.25) is 18.7 Å². The summed E-state index contributed by atoms with van der Waals surface area (Å²) in [6.07, 6.45) is 0. The first-order chi connectivity index (χ1) is 15.6. The molecule has 0 saturated carbocycles. The molecule has 0 fully saturated rings. The van der Waals surface area contributed by atoms with Crippen LogP contribution in [-0.2, 0) is 4.79 Å². The van der Waals surface area contributed by atoms with Gasteiger partial charge in [0.25, 0.3) is 5.56 Å². The summed E-state index contributed by atoms with van der Waals surface area (Å²) in [5, 5.41) is 0.481. The minimum absolute atomic E-state index is 0.0965. The molecule has 5 nitrogen and oxygen atoms in total. The molecule has 0 amide bonds. The van der Waals surface area contributed by atoms with E-state index in [1.165, 1.54) is 23.1 Å². The van der Waals surface area contributed by atoms with Crippen molar-refractivity contribution in [3.63, 3.8) is 0 Å². The van der Waals surface area contributed by atoms with Crippen molar-refractivity contribution in [3.05, 3.63) is 74.0 Å². The van der Waals surface area contributed by atoms with Crippen LogP contribution in [0.5, 0.6) is 0 Å². The van der Waals surface area contributed by atoms with Crippen molar-refractivity contribution in [2.45, 2.75) is 39.8 Å². The largest absolute Gasteiger partial charge is 0.298 e. The number of aromatic nitrogens is 3. The van der Waals surface area contributed by atoms with Gasteiger partial charge in [0.05, 0.1) is 17.1 Å². The number of fused-ring (bicyclic) bond motifs is 1. The van der Waals surface area contributed by atoms with E-state index >= 15 is 0 Å². The maximum atomic E-state index is 13.8. The fraction of sp³-hybridized carbons (Fsp3) is 0.280. The standard InChI is InChI=1S/C25H25N3O2S3/c1-15-10-6-8-12-17(15)27-21-20(33-24(27)31)22(30)28(18-13-9-7-11-16(18)2)23(26-21)32-14-19(29)25(3,4)5/h6-13H,14H2,1-5H3. The second-order valence-corrected chi connectivity index (χ2v) is 11.5. The highest BCUT2D eigenvalue weighted by Crippen LogP contribution is 2.30. The Morgan fingerprint density at radius 3 is 2.09 bits per heavy atom. The van der Waals surface area contributed by atoms with Crippen LogP contribution >= 0.6 is 35.3 Å². The minimum Gasteiger partial charge on any atom is -0.298 e. The average molecular weight is 496 g/mol. The number of carbonyl (C=O) groups is 1. The number of benzene rings is 2. The third-order valence-electron chi connectivity index (χ3n) is 5.46. The van der Waals surface area contributed by atoms with E-state index in [1.54, 1.807) is 4.57 Å². The summed E-state index contributed by atoms with van der Waals surface area (Å²) < 4.78 is 4.54. The van der Waals surface area contributed by atoms with Gasteiger partial charge in [0.2, 0.25) is 0 Å². The van der Waals surface area contributed by atoms with Crippen LogP contribution in [0, 0.1) is 23.2 Å². The first-order valence-electron chi connectivity index (χ1n) is 10.6. The molecule has 0 aliphatic carbocycles. The molecule has 2 heterocycles. The predicted molar refractivity (Wildman–Crippen MR) is 140 cm³/mol. The van der Waals surface area contributed by atoms with E-state index < -0.39 is 5.41 Å². The number of nitrogens with zero attached hydrogens (tertiary/aromatic N) is 3. The Kier molecular flexibility index (Phi) is 6.44. The topological polar surface area (TPSA) is 56.9 Å². The van der Waals surface area contributed by atoms with Crippen LogP contribution in [0.4, 0.5) is 0 Å². The van der Waals surface area contributed by atoms with Gasteiger partial charge in [0.15, 0.2) is 14.8 Å². The van der Waals surface area contributed by atoms with Gasteiger partial charge in [-0.15, -0.1) is 0 Å². The average Bonchev–Trinajstić information content (AvgIpc) is 3.09. The molecular formula is C25H25N3O2S3. The molecule has 0 bridgehead atoms. The zero-order valence-corrected chi connectivity index (χ0v) is 21.7. The quantitative estimate of drug-likeness (QED) is 0.185. The molecule has 0 aliphatic heterocycles. The number of rotatable bonds is 5. The summed E-state index contributed by atoms with van der Waals surface area (Å²) in [7, 11) is 0. The van der Waals surface area contributed by atoms with Crippen molar-refractivity contribution in [1.82, 2.24) is 14.1 Å². The number of hydrogen-bond donors (Lipinski definition) is 0. The molecule has 2 aromatic carbocycles. The van der Waals surface area contributed by atoms with Crippen LogP contribution < -0.4 is 5.56 Å². The molecule has 0 spiro atoms. The Bertz CT molecular complexity index is 1490. The Labute approximate surface area is 206 Å². The zero-order valence-electron chi connectivity index (χ0n) is 19.2. The van der Waals surface area contributed by atoms with Crippen LogP contribution in [0.25, 0.3) is 21.7 Å².